The highest BCUT2D eigenvalue weighted by Crippen LogP contribution is 2.12. The molecule has 0 radical (unpaired) electrons. The van der Waals surface area contributed by atoms with E-state index in [0.717, 1.165) is 5.56 Å². The molecule has 3 rings (SSSR count). The number of hydrogen-bond acceptors (Lipinski definition) is 6. The summed E-state index contributed by atoms with van der Waals surface area (Å²) in [4.78, 5) is 42.5. The molecule has 0 aliphatic heterocycles. The molecule has 0 bridgehead atoms. The second-order valence-electron chi connectivity index (χ2n) is 6.80. The Kier molecular flexibility index (Phi) is 8.36. The average Bonchev–Trinajstić information content (AvgIpc) is 3.47. The van der Waals surface area contributed by atoms with Crippen LogP contribution in [-0.4, -0.2) is 40.7 Å². The number of thiazole rings is 1. The molecule has 0 aliphatic carbocycles. The van der Waals surface area contributed by atoms with Gasteiger partial charge < -0.3 is 20.0 Å². The Labute approximate surface area is 184 Å². The van der Waals surface area contributed by atoms with Gasteiger partial charge in [-0.05, 0) is 24.1 Å². The molecule has 1 aromatic carbocycles. The number of anilines is 1. The zero-order chi connectivity index (χ0) is 21.9. The lowest BCUT2D eigenvalue weighted by Crippen LogP contribution is -2.41. The lowest BCUT2D eigenvalue weighted by atomic mass is 10.1. The molecule has 31 heavy (non-hydrogen) atoms. The van der Waals surface area contributed by atoms with Crippen molar-refractivity contribution >= 4 is 34.2 Å². The van der Waals surface area contributed by atoms with Gasteiger partial charge in [-0.1, -0.05) is 30.3 Å². The predicted octanol–water partition coefficient (Wildman–Crippen LogP) is 2.84. The number of furan rings is 1. The second kappa shape index (κ2) is 11.7. The van der Waals surface area contributed by atoms with Crippen molar-refractivity contribution in [3.63, 3.8) is 0 Å². The summed E-state index contributed by atoms with van der Waals surface area (Å²) < 4.78 is 5.32. The normalized spacial score (nSPS) is 10.5. The van der Waals surface area contributed by atoms with Crippen LogP contribution >= 0.6 is 11.3 Å². The van der Waals surface area contributed by atoms with E-state index in [4.69, 9.17) is 4.42 Å². The number of amides is 3. The third-order valence-electron chi connectivity index (χ3n) is 4.44. The lowest BCUT2D eigenvalue weighted by Gasteiger charge is -2.21. The van der Waals surface area contributed by atoms with Crippen molar-refractivity contribution in [2.45, 2.75) is 25.8 Å². The summed E-state index contributed by atoms with van der Waals surface area (Å²) in [6.45, 7) is 0.524. The number of carbonyl (C=O) groups is 3. The molecule has 0 aliphatic rings. The Hall–Kier alpha value is -3.46. The molecule has 0 saturated carbocycles. The molecule has 2 heterocycles. The van der Waals surface area contributed by atoms with Crippen LogP contribution in [0.5, 0.6) is 0 Å². The van der Waals surface area contributed by atoms with Gasteiger partial charge in [0.1, 0.15) is 5.76 Å². The first-order valence-electron chi connectivity index (χ1n) is 9.90. The minimum Gasteiger partial charge on any atom is -0.467 e. The predicted molar refractivity (Wildman–Crippen MR) is 117 cm³/mol. The Morgan fingerprint density at radius 3 is 2.58 bits per heavy atom. The van der Waals surface area contributed by atoms with Crippen LogP contribution in [0.2, 0.25) is 0 Å². The van der Waals surface area contributed by atoms with Gasteiger partial charge in [0.25, 0.3) is 0 Å². The Bertz CT molecular complexity index is 959. The van der Waals surface area contributed by atoms with Gasteiger partial charge >= 0.3 is 0 Å². The summed E-state index contributed by atoms with van der Waals surface area (Å²) in [5.74, 6) is -0.293. The monoisotopic (exact) mass is 440 g/mol. The summed E-state index contributed by atoms with van der Waals surface area (Å²) >= 11 is 1.31. The van der Waals surface area contributed by atoms with Gasteiger partial charge in [-0.25, -0.2) is 4.98 Å². The van der Waals surface area contributed by atoms with Crippen LogP contribution in [0.1, 0.15) is 24.2 Å². The van der Waals surface area contributed by atoms with Crippen LogP contribution in [0.15, 0.2) is 64.7 Å². The number of carbonyl (C=O) groups excluding carboxylic acids is 3. The molecule has 0 unspecified atom stereocenters. The van der Waals surface area contributed by atoms with E-state index >= 15 is 0 Å². The maximum atomic E-state index is 12.7. The van der Waals surface area contributed by atoms with E-state index in [1.165, 1.54) is 22.5 Å². The highest BCUT2D eigenvalue weighted by molar-refractivity contribution is 7.13. The van der Waals surface area contributed by atoms with Crippen LogP contribution in [-0.2, 0) is 27.3 Å². The van der Waals surface area contributed by atoms with Gasteiger partial charge in [-0.15, -0.1) is 11.3 Å². The molecular formula is C22H24N4O4S. The van der Waals surface area contributed by atoms with E-state index in [-0.39, 0.29) is 43.7 Å². The molecule has 2 N–H and O–H groups in total. The van der Waals surface area contributed by atoms with E-state index in [0.29, 0.717) is 23.9 Å². The van der Waals surface area contributed by atoms with E-state index in [2.05, 4.69) is 15.6 Å². The van der Waals surface area contributed by atoms with Gasteiger partial charge in [-0.3, -0.25) is 14.4 Å². The van der Waals surface area contributed by atoms with Crippen molar-refractivity contribution < 1.29 is 18.8 Å². The van der Waals surface area contributed by atoms with E-state index in [1.54, 1.807) is 23.7 Å². The van der Waals surface area contributed by atoms with Crippen LogP contribution in [0.3, 0.4) is 0 Å². The van der Waals surface area contributed by atoms with Crippen molar-refractivity contribution in [1.29, 1.82) is 0 Å². The van der Waals surface area contributed by atoms with Gasteiger partial charge in [0.2, 0.25) is 17.7 Å². The number of nitrogens with zero attached hydrogens (tertiary/aromatic N) is 2. The summed E-state index contributed by atoms with van der Waals surface area (Å²) in [6.07, 6.45) is 3.79. The third kappa shape index (κ3) is 7.71. The number of benzene rings is 1. The van der Waals surface area contributed by atoms with Crippen LogP contribution in [0, 0.1) is 0 Å². The fourth-order valence-electron chi connectivity index (χ4n) is 2.89. The highest BCUT2D eigenvalue weighted by atomic mass is 32.1. The first-order chi connectivity index (χ1) is 15.1. The van der Waals surface area contributed by atoms with Crippen molar-refractivity contribution in [2.24, 2.45) is 0 Å². The van der Waals surface area contributed by atoms with Crippen molar-refractivity contribution in [2.75, 3.05) is 18.4 Å². The summed E-state index contributed by atoms with van der Waals surface area (Å²) in [5.41, 5.74) is 1.12. The molecule has 0 atom stereocenters. The molecule has 2 aromatic heterocycles. The van der Waals surface area contributed by atoms with Crippen molar-refractivity contribution in [3.8, 4) is 0 Å². The second-order valence-corrected chi connectivity index (χ2v) is 7.69. The maximum absolute atomic E-state index is 12.7. The largest absolute Gasteiger partial charge is 0.467 e. The quantitative estimate of drug-likeness (QED) is 0.477. The topological polar surface area (TPSA) is 105 Å². The standard InChI is InChI=1S/C22H24N4O4S/c27-19(25-22-24-12-14-31-22)8-9-21(29)26(15-18-7-4-13-30-18)16-20(28)23-11-10-17-5-2-1-3-6-17/h1-7,12-14H,8-11,15-16H2,(H,23,28)(H,24,25,27). The van der Waals surface area contributed by atoms with Gasteiger partial charge in [0.05, 0.1) is 19.4 Å². The molecule has 9 heteroatoms. The minimum atomic E-state index is -0.302. The fourth-order valence-corrected chi connectivity index (χ4v) is 3.43. The minimum absolute atomic E-state index is 0.00267. The SMILES string of the molecule is O=C(CN(Cc1ccco1)C(=O)CCC(=O)Nc1nccs1)NCCc1ccccc1. The first-order valence-corrected chi connectivity index (χ1v) is 10.8. The maximum Gasteiger partial charge on any atom is 0.239 e. The van der Waals surface area contributed by atoms with Gasteiger partial charge in [0.15, 0.2) is 5.13 Å². The zero-order valence-electron chi connectivity index (χ0n) is 17.0. The first kappa shape index (κ1) is 22.2. The molecule has 0 fully saturated rings. The Balaban J connectivity index is 1.49. The molecule has 3 amide bonds. The van der Waals surface area contributed by atoms with Crippen LogP contribution in [0.25, 0.3) is 0 Å². The van der Waals surface area contributed by atoms with E-state index in [9.17, 15) is 14.4 Å². The summed E-state index contributed by atoms with van der Waals surface area (Å²) in [6, 6.07) is 13.3. The van der Waals surface area contributed by atoms with Gasteiger partial charge in [-0.2, -0.15) is 0 Å². The zero-order valence-corrected chi connectivity index (χ0v) is 17.8. The smallest absolute Gasteiger partial charge is 0.239 e. The van der Waals surface area contributed by atoms with Gasteiger partial charge in [0, 0.05) is 31.0 Å². The number of aromatic nitrogens is 1. The van der Waals surface area contributed by atoms with Crippen LogP contribution in [0.4, 0.5) is 5.13 Å². The molecule has 162 valence electrons. The number of rotatable bonds is 11. The summed E-state index contributed by atoms with van der Waals surface area (Å²) in [7, 11) is 0. The Morgan fingerprint density at radius 1 is 1.03 bits per heavy atom. The average molecular weight is 441 g/mol. The van der Waals surface area contributed by atoms with Crippen molar-refractivity contribution in [3.05, 3.63) is 71.6 Å². The van der Waals surface area contributed by atoms with Crippen LogP contribution < -0.4 is 10.6 Å². The third-order valence-corrected chi connectivity index (χ3v) is 5.13. The molecule has 3 aromatic rings. The van der Waals surface area contributed by atoms with E-state index in [1.807, 2.05) is 30.3 Å². The molecule has 0 saturated heterocycles. The fraction of sp³-hybridized carbons (Fsp3) is 0.273. The highest BCUT2D eigenvalue weighted by Gasteiger charge is 2.20. The number of nitrogens with one attached hydrogen (secondary N) is 2. The Morgan fingerprint density at radius 2 is 1.87 bits per heavy atom. The molecule has 8 nitrogen and oxygen atoms in total. The molecular weight excluding hydrogens is 416 g/mol. The number of hydrogen-bond donors (Lipinski definition) is 2. The lowest BCUT2D eigenvalue weighted by molar-refractivity contribution is -0.137. The summed E-state index contributed by atoms with van der Waals surface area (Å²) in [5, 5.41) is 7.73. The van der Waals surface area contributed by atoms with E-state index < -0.39 is 0 Å². The van der Waals surface area contributed by atoms with Crippen molar-refractivity contribution in [1.82, 2.24) is 15.2 Å². The molecule has 0 spiro atoms.